The van der Waals surface area contributed by atoms with Gasteiger partial charge in [-0.15, -0.1) is 0 Å². The van der Waals surface area contributed by atoms with Crippen molar-refractivity contribution < 1.29 is 0 Å². The maximum atomic E-state index is 5.35. The molecule has 0 radical (unpaired) electrons. The van der Waals surface area contributed by atoms with Crippen molar-refractivity contribution in [3.05, 3.63) is 11.8 Å². The highest BCUT2D eigenvalue weighted by Crippen LogP contribution is 2.26. The van der Waals surface area contributed by atoms with Crippen molar-refractivity contribution in [1.29, 1.82) is 0 Å². The van der Waals surface area contributed by atoms with E-state index in [2.05, 4.69) is 66.2 Å². The minimum atomic E-state index is -0.0888. The van der Waals surface area contributed by atoms with Gasteiger partial charge in [0.25, 0.3) is 0 Å². The lowest BCUT2D eigenvalue weighted by molar-refractivity contribution is 0.355. The first-order valence-electron chi connectivity index (χ1n) is 8.32. The Labute approximate surface area is 145 Å². The van der Waals surface area contributed by atoms with E-state index in [1.54, 1.807) is 0 Å². The van der Waals surface area contributed by atoms with Gasteiger partial charge in [0.05, 0.1) is 0 Å². The fourth-order valence-electron chi connectivity index (χ4n) is 3.09. The second-order valence-electron chi connectivity index (χ2n) is 7.87. The maximum absolute atomic E-state index is 5.35. The molecule has 2 N–H and O–H groups in total. The topological polar surface area (TPSA) is 53.1 Å². The highest BCUT2D eigenvalue weighted by atomic mass is 32.1. The third-order valence-corrected chi connectivity index (χ3v) is 3.95. The maximum Gasteiger partial charge on any atom is 0.231 e. The number of hydrogen-bond acceptors (Lipinski definition) is 4. The SMILES string of the molecule is Cc1cc(N2C[C@H](C)C[C@@H](C)C2)nc(NC(=S)NC(C)(C)C)n1. The van der Waals surface area contributed by atoms with Gasteiger partial charge in [0.1, 0.15) is 5.82 Å². The van der Waals surface area contributed by atoms with Gasteiger partial charge < -0.3 is 15.5 Å². The van der Waals surface area contributed by atoms with Crippen LogP contribution in [-0.2, 0) is 0 Å². The molecule has 0 spiro atoms. The Morgan fingerprint density at radius 1 is 1.22 bits per heavy atom. The summed E-state index contributed by atoms with van der Waals surface area (Å²) in [5.74, 6) is 2.92. The zero-order chi connectivity index (χ0) is 17.2. The first kappa shape index (κ1) is 17.9. The van der Waals surface area contributed by atoms with Crippen LogP contribution in [0.25, 0.3) is 0 Å². The van der Waals surface area contributed by atoms with E-state index < -0.39 is 0 Å². The van der Waals surface area contributed by atoms with Crippen LogP contribution in [-0.4, -0.2) is 33.7 Å². The number of piperidine rings is 1. The second-order valence-corrected chi connectivity index (χ2v) is 8.28. The van der Waals surface area contributed by atoms with Crippen LogP contribution in [0.3, 0.4) is 0 Å². The largest absolute Gasteiger partial charge is 0.358 e. The second kappa shape index (κ2) is 6.99. The summed E-state index contributed by atoms with van der Waals surface area (Å²) in [5, 5.41) is 6.89. The molecular weight excluding hydrogens is 306 g/mol. The van der Waals surface area contributed by atoms with Crippen molar-refractivity contribution in [3.63, 3.8) is 0 Å². The van der Waals surface area contributed by atoms with Gasteiger partial charge in [-0.25, -0.2) is 4.98 Å². The Bertz CT molecular complexity index is 557. The molecule has 6 heteroatoms. The quantitative estimate of drug-likeness (QED) is 0.809. The molecule has 2 heterocycles. The summed E-state index contributed by atoms with van der Waals surface area (Å²) >= 11 is 5.35. The van der Waals surface area contributed by atoms with E-state index in [-0.39, 0.29) is 5.54 Å². The minimum Gasteiger partial charge on any atom is -0.358 e. The Morgan fingerprint density at radius 3 is 2.39 bits per heavy atom. The lowest BCUT2D eigenvalue weighted by Crippen LogP contribution is -2.43. The molecule has 5 nitrogen and oxygen atoms in total. The summed E-state index contributed by atoms with van der Waals surface area (Å²) in [6.45, 7) is 14.9. The molecular formula is C17H29N5S. The fourth-order valence-corrected chi connectivity index (χ4v) is 3.49. The van der Waals surface area contributed by atoms with Crippen molar-refractivity contribution in [2.45, 2.75) is 53.5 Å². The average Bonchev–Trinajstić information content (AvgIpc) is 2.34. The number of hydrogen-bond donors (Lipinski definition) is 2. The van der Waals surface area contributed by atoms with E-state index in [4.69, 9.17) is 12.2 Å². The van der Waals surface area contributed by atoms with Crippen LogP contribution in [0, 0.1) is 18.8 Å². The Hall–Kier alpha value is -1.43. The van der Waals surface area contributed by atoms with Crippen molar-refractivity contribution in [2.75, 3.05) is 23.3 Å². The van der Waals surface area contributed by atoms with Crippen molar-refractivity contribution >= 4 is 29.1 Å². The van der Waals surface area contributed by atoms with Gasteiger partial charge in [0.2, 0.25) is 5.95 Å². The van der Waals surface area contributed by atoms with E-state index in [1.165, 1.54) is 6.42 Å². The number of nitrogens with one attached hydrogen (secondary N) is 2. The highest BCUT2D eigenvalue weighted by Gasteiger charge is 2.23. The first-order chi connectivity index (χ1) is 10.6. The van der Waals surface area contributed by atoms with Gasteiger partial charge >= 0.3 is 0 Å². The van der Waals surface area contributed by atoms with Crippen LogP contribution >= 0.6 is 12.2 Å². The summed E-state index contributed by atoms with van der Waals surface area (Å²) in [7, 11) is 0. The molecule has 1 aliphatic heterocycles. The van der Waals surface area contributed by atoms with Crippen molar-refractivity contribution in [3.8, 4) is 0 Å². The van der Waals surface area contributed by atoms with Gasteiger partial charge in [-0.1, -0.05) is 13.8 Å². The third-order valence-electron chi connectivity index (χ3n) is 3.75. The molecule has 0 bridgehead atoms. The first-order valence-corrected chi connectivity index (χ1v) is 8.73. The zero-order valence-corrected chi connectivity index (χ0v) is 15.9. The third kappa shape index (κ3) is 5.61. The summed E-state index contributed by atoms with van der Waals surface area (Å²) in [6, 6.07) is 2.05. The van der Waals surface area contributed by atoms with Crippen LogP contribution in [0.2, 0.25) is 0 Å². The summed E-state index contributed by atoms with van der Waals surface area (Å²) in [5.41, 5.74) is 0.857. The molecule has 0 aliphatic carbocycles. The van der Waals surface area contributed by atoms with Crippen LogP contribution in [0.1, 0.15) is 46.7 Å². The number of aromatic nitrogens is 2. The number of aryl methyl sites for hydroxylation is 1. The van der Waals surface area contributed by atoms with Gasteiger partial charge in [-0.3, -0.25) is 0 Å². The number of anilines is 2. The lowest BCUT2D eigenvalue weighted by atomic mass is 9.92. The molecule has 1 aromatic rings. The Kier molecular flexibility index (Phi) is 5.45. The monoisotopic (exact) mass is 335 g/mol. The average molecular weight is 336 g/mol. The van der Waals surface area contributed by atoms with E-state index in [9.17, 15) is 0 Å². The van der Waals surface area contributed by atoms with Crippen LogP contribution in [0.15, 0.2) is 6.07 Å². The number of rotatable bonds is 2. The van der Waals surface area contributed by atoms with E-state index in [0.717, 1.165) is 24.6 Å². The molecule has 1 fully saturated rings. The van der Waals surface area contributed by atoms with E-state index >= 15 is 0 Å². The fraction of sp³-hybridized carbons (Fsp3) is 0.706. The molecule has 23 heavy (non-hydrogen) atoms. The molecule has 0 amide bonds. The van der Waals surface area contributed by atoms with Gasteiger partial charge in [0, 0.05) is 30.4 Å². The molecule has 0 aromatic carbocycles. The summed E-state index contributed by atoms with van der Waals surface area (Å²) < 4.78 is 0. The van der Waals surface area contributed by atoms with Gasteiger partial charge in [0.15, 0.2) is 5.11 Å². The normalized spacial score (nSPS) is 21.9. The molecule has 0 saturated carbocycles. The molecule has 2 rings (SSSR count). The summed E-state index contributed by atoms with van der Waals surface area (Å²) in [6.07, 6.45) is 1.28. The number of thiocarbonyl (C=S) groups is 1. The highest BCUT2D eigenvalue weighted by molar-refractivity contribution is 7.80. The minimum absolute atomic E-state index is 0.0888. The predicted molar refractivity (Wildman–Crippen MR) is 101 cm³/mol. The van der Waals surface area contributed by atoms with E-state index in [0.29, 0.717) is 22.9 Å². The van der Waals surface area contributed by atoms with E-state index in [1.807, 2.05) is 6.92 Å². The molecule has 1 aliphatic rings. The van der Waals surface area contributed by atoms with Crippen molar-refractivity contribution in [1.82, 2.24) is 15.3 Å². The van der Waals surface area contributed by atoms with Crippen LogP contribution in [0.4, 0.5) is 11.8 Å². The van der Waals surface area contributed by atoms with Gasteiger partial charge in [-0.05, 0) is 58.2 Å². The number of nitrogens with zero attached hydrogens (tertiary/aromatic N) is 3. The standard InChI is InChI=1S/C17H29N5S/c1-11-7-12(2)10-22(9-11)14-8-13(3)18-15(19-14)20-16(23)21-17(4,5)6/h8,11-12H,7,9-10H2,1-6H3,(H2,18,19,20,21,23)/t11-,12-/m1/s1. The van der Waals surface area contributed by atoms with Crippen LogP contribution < -0.4 is 15.5 Å². The smallest absolute Gasteiger partial charge is 0.231 e. The molecule has 128 valence electrons. The van der Waals surface area contributed by atoms with Crippen molar-refractivity contribution in [2.24, 2.45) is 11.8 Å². The molecule has 1 saturated heterocycles. The Morgan fingerprint density at radius 2 is 1.83 bits per heavy atom. The Balaban J connectivity index is 2.14. The lowest BCUT2D eigenvalue weighted by Gasteiger charge is -2.36. The molecule has 0 unspecified atom stereocenters. The van der Waals surface area contributed by atoms with Gasteiger partial charge in [-0.2, -0.15) is 4.98 Å². The zero-order valence-electron chi connectivity index (χ0n) is 15.1. The molecule has 1 aromatic heterocycles. The predicted octanol–water partition coefficient (Wildman–Crippen LogP) is 3.35. The summed E-state index contributed by atoms with van der Waals surface area (Å²) in [4.78, 5) is 11.5. The molecule has 2 atom stereocenters. The van der Waals surface area contributed by atoms with Crippen LogP contribution in [0.5, 0.6) is 0 Å².